The Hall–Kier alpha value is -4.31. The summed E-state index contributed by atoms with van der Waals surface area (Å²) >= 11 is 5.87. The number of anilines is 3. The van der Waals surface area contributed by atoms with E-state index in [-0.39, 0.29) is 18.4 Å². The Morgan fingerprint density at radius 3 is 2.46 bits per heavy atom. The molecular formula is C34H41ClN10O4S. The second kappa shape index (κ2) is 14.5. The van der Waals surface area contributed by atoms with Crippen LogP contribution in [0.4, 0.5) is 22.2 Å². The van der Waals surface area contributed by atoms with E-state index in [4.69, 9.17) is 11.6 Å². The van der Waals surface area contributed by atoms with Crippen LogP contribution in [-0.2, 0) is 28.4 Å². The van der Waals surface area contributed by atoms with Crippen molar-refractivity contribution < 1.29 is 18.0 Å². The molecule has 0 unspecified atom stereocenters. The fourth-order valence-corrected chi connectivity index (χ4v) is 8.62. The first-order valence-electron chi connectivity index (χ1n) is 17.0. The smallest absolute Gasteiger partial charge is 0.329 e. The molecule has 0 bridgehead atoms. The molecule has 3 aliphatic rings. The molecule has 3 fully saturated rings. The van der Waals surface area contributed by atoms with Gasteiger partial charge in [0.1, 0.15) is 0 Å². The maximum Gasteiger partial charge on any atom is 0.329 e. The minimum Gasteiger partial charge on any atom is -0.371 e. The molecule has 264 valence electrons. The molecule has 7 rings (SSSR count). The van der Waals surface area contributed by atoms with Crippen molar-refractivity contribution in [3.05, 3.63) is 65.4 Å². The number of urea groups is 1. The third-order valence-electron chi connectivity index (χ3n) is 9.81. The molecule has 2 aromatic heterocycles. The normalized spacial score (nSPS) is 18.5. The van der Waals surface area contributed by atoms with Crippen molar-refractivity contribution in [3.63, 3.8) is 0 Å². The van der Waals surface area contributed by atoms with E-state index in [1.807, 2.05) is 25.2 Å². The van der Waals surface area contributed by atoms with Gasteiger partial charge in [-0.25, -0.2) is 23.2 Å². The van der Waals surface area contributed by atoms with Crippen LogP contribution in [0.5, 0.6) is 0 Å². The molecule has 4 aromatic rings. The van der Waals surface area contributed by atoms with Crippen LogP contribution in [0.3, 0.4) is 0 Å². The molecule has 3 aliphatic heterocycles. The average molecular weight is 721 g/mol. The van der Waals surface area contributed by atoms with E-state index in [1.54, 1.807) is 21.1 Å². The molecule has 0 saturated carbocycles. The highest BCUT2D eigenvalue weighted by molar-refractivity contribution is 7.89. The van der Waals surface area contributed by atoms with E-state index in [2.05, 4.69) is 48.0 Å². The standard InChI is InChI=1S/C34H41ClN10O4S/c1-42-30-18-27(5-6-29(30)32(41-42)45-16-11-31(46)40-34(45)47)43-12-7-23(8-13-43)19-36-20-24-3-2-4-28(17-24)50(48,49)44-14-9-26(10-15-44)39-33-37-21-25(35)22-38-33/h2-6,17-18,21-23,26,36H,7-16,19-20H2,1H3,(H,37,38,39)(H,40,46,47). The van der Waals surface area contributed by atoms with Gasteiger partial charge < -0.3 is 15.5 Å². The van der Waals surface area contributed by atoms with E-state index in [0.717, 1.165) is 54.6 Å². The predicted octanol–water partition coefficient (Wildman–Crippen LogP) is 3.73. The van der Waals surface area contributed by atoms with Crippen LogP contribution < -0.4 is 25.8 Å². The number of aromatic nitrogens is 4. The van der Waals surface area contributed by atoms with E-state index in [1.165, 1.54) is 17.3 Å². The quantitative estimate of drug-likeness (QED) is 0.221. The van der Waals surface area contributed by atoms with E-state index < -0.39 is 16.1 Å². The molecule has 3 saturated heterocycles. The van der Waals surface area contributed by atoms with E-state index in [9.17, 15) is 18.0 Å². The monoisotopic (exact) mass is 720 g/mol. The molecule has 0 radical (unpaired) electrons. The summed E-state index contributed by atoms with van der Waals surface area (Å²) < 4.78 is 30.4. The molecular weight excluding hydrogens is 680 g/mol. The van der Waals surface area contributed by atoms with Gasteiger partial charge in [-0.15, -0.1) is 0 Å². The van der Waals surface area contributed by atoms with Gasteiger partial charge in [0.2, 0.25) is 21.9 Å². The minimum absolute atomic E-state index is 0.0909. The fraction of sp³-hybridized carbons (Fsp3) is 0.441. The second-order valence-electron chi connectivity index (χ2n) is 13.2. The number of piperidine rings is 2. The average Bonchev–Trinajstić information content (AvgIpc) is 3.45. The van der Waals surface area contributed by atoms with Gasteiger partial charge in [0.15, 0.2) is 5.82 Å². The number of benzene rings is 2. The zero-order valence-corrected chi connectivity index (χ0v) is 29.5. The highest BCUT2D eigenvalue weighted by Crippen LogP contribution is 2.32. The molecule has 3 N–H and O–H groups in total. The summed E-state index contributed by atoms with van der Waals surface area (Å²) in [7, 11) is -1.74. The van der Waals surface area contributed by atoms with Crippen molar-refractivity contribution in [1.29, 1.82) is 0 Å². The number of carbonyl (C=O) groups excluding carboxylic acids is 2. The Bertz CT molecular complexity index is 1970. The Morgan fingerprint density at radius 2 is 1.72 bits per heavy atom. The first kappa shape index (κ1) is 34.2. The van der Waals surface area contributed by atoms with Crippen molar-refractivity contribution in [2.75, 3.05) is 54.4 Å². The zero-order chi connectivity index (χ0) is 34.8. The van der Waals surface area contributed by atoms with Crippen molar-refractivity contribution in [3.8, 4) is 0 Å². The van der Waals surface area contributed by atoms with Gasteiger partial charge in [-0.3, -0.25) is 19.7 Å². The van der Waals surface area contributed by atoms with Gasteiger partial charge in [0.25, 0.3) is 0 Å². The highest BCUT2D eigenvalue weighted by atomic mass is 35.5. The summed E-state index contributed by atoms with van der Waals surface area (Å²) in [5.74, 6) is 1.30. The van der Waals surface area contributed by atoms with E-state index >= 15 is 0 Å². The zero-order valence-electron chi connectivity index (χ0n) is 27.9. The van der Waals surface area contributed by atoms with Crippen LogP contribution >= 0.6 is 11.6 Å². The van der Waals surface area contributed by atoms with Crippen molar-refractivity contribution in [2.45, 2.75) is 49.6 Å². The lowest BCUT2D eigenvalue weighted by Crippen LogP contribution is -2.49. The van der Waals surface area contributed by atoms with E-state index in [0.29, 0.717) is 66.6 Å². The lowest BCUT2D eigenvalue weighted by Gasteiger charge is -2.34. The Morgan fingerprint density at radius 1 is 0.960 bits per heavy atom. The molecule has 2 aromatic carbocycles. The Kier molecular flexibility index (Phi) is 9.91. The number of fused-ring (bicyclic) bond motifs is 1. The number of aryl methyl sites for hydroxylation is 1. The minimum atomic E-state index is -3.60. The number of amides is 3. The molecule has 0 spiro atoms. The lowest BCUT2D eigenvalue weighted by molar-refractivity contribution is -0.120. The molecule has 50 heavy (non-hydrogen) atoms. The number of halogens is 1. The molecule has 0 atom stereocenters. The van der Waals surface area contributed by atoms with Crippen molar-refractivity contribution >= 4 is 61.9 Å². The fourth-order valence-electron chi connectivity index (χ4n) is 6.98. The summed E-state index contributed by atoms with van der Waals surface area (Å²) in [4.78, 5) is 36.6. The SMILES string of the molecule is Cn1nc(N2CCC(=O)NC2=O)c2ccc(N3CCC(CNCc4cccc(S(=O)(=O)N5CCC(Nc6ncc(Cl)cn6)CC5)c4)CC3)cc21. The number of nitrogens with zero attached hydrogens (tertiary/aromatic N) is 7. The lowest BCUT2D eigenvalue weighted by atomic mass is 9.96. The number of imide groups is 1. The topological polar surface area (TPSA) is 158 Å². The van der Waals surface area contributed by atoms with Gasteiger partial charge in [-0.1, -0.05) is 23.7 Å². The maximum absolute atomic E-state index is 13.5. The van der Waals surface area contributed by atoms with Crippen LogP contribution in [0.15, 0.2) is 59.8 Å². The molecule has 0 aliphatic carbocycles. The number of rotatable bonds is 10. The Balaban J connectivity index is 0.884. The summed E-state index contributed by atoms with van der Waals surface area (Å²) in [5, 5.41) is 15.2. The first-order valence-corrected chi connectivity index (χ1v) is 18.8. The summed E-state index contributed by atoms with van der Waals surface area (Å²) in [6, 6.07) is 13.1. The van der Waals surface area contributed by atoms with Crippen LogP contribution in [0.25, 0.3) is 10.9 Å². The van der Waals surface area contributed by atoms with Crippen molar-refractivity contribution in [1.82, 2.24) is 34.7 Å². The molecule has 5 heterocycles. The Labute approximate surface area is 296 Å². The van der Waals surface area contributed by atoms with Gasteiger partial charge in [-0.05, 0) is 74.0 Å². The molecule has 3 amide bonds. The number of nitrogens with one attached hydrogen (secondary N) is 3. The van der Waals surface area contributed by atoms with Crippen LogP contribution in [0.1, 0.15) is 37.7 Å². The first-order chi connectivity index (χ1) is 24.1. The molecule has 16 heteroatoms. The van der Waals surface area contributed by atoms with Gasteiger partial charge in [-0.2, -0.15) is 9.40 Å². The van der Waals surface area contributed by atoms with Gasteiger partial charge in [0.05, 0.1) is 27.8 Å². The predicted molar refractivity (Wildman–Crippen MR) is 192 cm³/mol. The van der Waals surface area contributed by atoms with Crippen LogP contribution in [0, 0.1) is 5.92 Å². The number of sulfonamides is 1. The summed E-state index contributed by atoms with van der Waals surface area (Å²) in [5.41, 5.74) is 2.99. The van der Waals surface area contributed by atoms with Crippen LogP contribution in [-0.4, -0.2) is 89.7 Å². The molecule has 14 nitrogen and oxygen atoms in total. The number of carbonyl (C=O) groups is 2. The van der Waals surface area contributed by atoms with Crippen LogP contribution in [0.2, 0.25) is 5.02 Å². The van der Waals surface area contributed by atoms with Crippen molar-refractivity contribution in [2.24, 2.45) is 13.0 Å². The van der Waals surface area contributed by atoms with Gasteiger partial charge in [0, 0.05) is 69.9 Å². The largest absolute Gasteiger partial charge is 0.371 e. The third-order valence-corrected chi connectivity index (χ3v) is 11.9. The third kappa shape index (κ3) is 7.41. The highest BCUT2D eigenvalue weighted by Gasteiger charge is 2.31. The van der Waals surface area contributed by atoms with Gasteiger partial charge >= 0.3 is 6.03 Å². The summed E-state index contributed by atoms with van der Waals surface area (Å²) in [6.07, 6.45) is 6.72. The number of hydrogen-bond acceptors (Lipinski definition) is 10. The second-order valence-corrected chi connectivity index (χ2v) is 15.5. The maximum atomic E-state index is 13.5. The number of hydrogen-bond donors (Lipinski definition) is 3. The summed E-state index contributed by atoms with van der Waals surface area (Å²) in [6.45, 7) is 4.45.